The molecule has 0 radical (unpaired) electrons. The summed E-state index contributed by atoms with van der Waals surface area (Å²) in [4.78, 5) is 4.25. The van der Waals surface area contributed by atoms with Crippen molar-refractivity contribution in [3.63, 3.8) is 0 Å². The zero-order valence-corrected chi connectivity index (χ0v) is 12.6. The maximum atomic E-state index is 4.25. The summed E-state index contributed by atoms with van der Waals surface area (Å²) >= 11 is 0. The number of hydrogen-bond donors (Lipinski definition) is 0. The predicted molar refractivity (Wildman–Crippen MR) is 88.1 cm³/mol. The van der Waals surface area contributed by atoms with E-state index in [4.69, 9.17) is 0 Å². The molecule has 0 fully saturated rings. The maximum absolute atomic E-state index is 4.25. The number of rotatable bonds is 4. The summed E-state index contributed by atoms with van der Waals surface area (Å²) in [5.41, 5.74) is 6.40. The van der Waals surface area contributed by atoms with Gasteiger partial charge in [-0.15, -0.1) is 0 Å². The molecular weight excluding hydrogens is 256 g/mol. The highest BCUT2D eigenvalue weighted by Gasteiger charge is 2.14. The summed E-state index contributed by atoms with van der Waals surface area (Å²) in [6, 6.07) is 17.0. The highest BCUT2D eigenvalue weighted by atomic mass is 15.0. The summed E-state index contributed by atoms with van der Waals surface area (Å²) < 4.78 is 2.31. The zero-order valence-electron chi connectivity index (χ0n) is 12.6. The van der Waals surface area contributed by atoms with Gasteiger partial charge in [0.2, 0.25) is 0 Å². The molecule has 0 spiro atoms. The van der Waals surface area contributed by atoms with Gasteiger partial charge in [0, 0.05) is 36.3 Å². The van der Waals surface area contributed by atoms with Gasteiger partial charge in [-0.2, -0.15) is 0 Å². The molecule has 2 aromatic heterocycles. The normalized spacial score (nSPS) is 10.8. The van der Waals surface area contributed by atoms with E-state index in [1.165, 1.54) is 28.1 Å². The van der Waals surface area contributed by atoms with Crippen molar-refractivity contribution >= 4 is 0 Å². The molecule has 0 amide bonds. The van der Waals surface area contributed by atoms with Gasteiger partial charge in [0.25, 0.3) is 0 Å². The van der Waals surface area contributed by atoms with Gasteiger partial charge in [0.1, 0.15) is 0 Å². The first-order valence-electron chi connectivity index (χ1n) is 7.45. The first kappa shape index (κ1) is 13.6. The molecule has 1 aromatic carbocycles. The second-order valence-electron chi connectivity index (χ2n) is 5.31. The van der Waals surface area contributed by atoms with E-state index in [0.29, 0.717) is 0 Å². The summed E-state index contributed by atoms with van der Waals surface area (Å²) in [5, 5.41) is 0. The molecule has 21 heavy (non-hydrogen) atoms. The first-order valence-corrected chi connectivity index (χ1v) is 7.45. The molecular formula is C19H20N2. The minimum absolute atomic E-state index is 1.08. The van der Waals surface area contributed by atoms with E-state index in [1.54, 1.807) is 0 Å². The van der Waals surface area contributed by atoms with Gasteiger partial charge in [-0.1, -0.05) is 43.7 Å². The SMILES string of the molecule is CCCc1c(-c2ccccc2)cc(-c2cccnc2)n1C. The lowest BCUT2D eigenvalue weighted by atomic mass is 10.0. The third kappa shape index (κ3) is 2.62. The number of benzene rings is 1. The van der Waals surface area contributed by atoms with Crippen molar-refractivity contribution in [2.45, 2.75) is 19.8 Å². The van der Waals surface area contributed by atoms with Crippen molar-refractivity contribution in [3.05, 3.63) is 66.6 Å². The van der Waals surface area contributed by atoms with E-state index in [0.717, 1.165) is 12.8 Å². The molecule has 0 aliphatic heterocycles. The van der Waals surface area contributed by atoms with Gasteiger partial charge in [-0.05, 0) is 30.2 Å². The molecule has 0 atom stereocenters. The van der Waals surface area contributed by atoms with Crippen LogP contribution in [0, 0.1) is 0 Å². The molecule has 0 bridgehead atoms. The van der Waals surface area contributed by atoms with Crippen LogP contribution in [-0.4, -0.2) is 9.55 Å². The first-order chi connectivity index (χ1) is 10.3. The van der Waals surface area contributed by atoms with Crippen LogP contribution in [0.2, 0.25) is 0 Å². The Bertz CT molecular complexity index is 712. The third-order valence-electron chi connectivity index (χ3n) is 3.89. The summed E-state index contributed by atoms with van der Waals surface area (Å²) in [6.45, 7) is 2.23. The molecule has 0 N–H and O–H groups in total. The molecule has 0 aliphatic rings. The van der Waals surface area contributed by atoms with Crippen molar-refractivity contribution in [3.8, 4) is 22.4 Å². The molecule has 106 valence electrons. The van der Waals surface area contributed by atoms with E-state index in [1.807, 2.05) is 18.5 Å². The molecule has 0 aliphatic carbocycles. The number of aromatic nitrogens is 2. The lowest BCUT2D eigenvalue weighted by molar-refractivity contribution is 0.794. The minimum atomic E-state index is 1.08. The van der Waals surface area contributed by atoms with Crippen LogP contribution in [0.3, 0.4) is 0 Å². The predicted octanol–water partition coefficient (Wildman–Crippen LogP) is 4.71. The lowest BCUT2D eigenvalue weighted by Gasteiger charge is -2.08. The van der Waals surface area contributed by atoms with Gasteiger partial charge in [-0.3, -0.25) is 4.98 Å². The Morgan fingerprint density at radius 3 is 2.43 bits per heavy atom. The van der Waals surface area contributed by atoms with Crippen molar-refractivity contribution in [1.82, 2.24) is 9.55 Å². The average molecular weight is 276 g/mol. The largest absolute Gasteiger partial charge is 0.347 e. The summed E-state index contributed by atoms with van der Waals surface area (Å²) in [5.74, 6) is 0. The average Bonchev–Trinajstić information content (AvgIpc) is 2.87. The Hall–Kier alpha value is -2.35. The number of pyridine rings is 1. The van der Waals surface area contributed by atoms with Gasteiger partial charge >= 0.3 is 0 Å². The monoisotopic (exact) mass is 276 g/mol. The molecule has 0 saturated carbocycles. The molecule has 2 heterocycles. The van der Waals surface area contributed by atoms with Crippen molar-refractivity contribution in [2.24, 2.45) is 7.05 Å². The van der Waals surface area contributed by atoms with E-state index in [9.17, 15) is 0 Å². The fourth-order valence-electron chi connectivity index (χ4n) is 2.84. The molecule has 3 rings (SSSR count). The van der Waals surface area contributed by atoms with Crippen LogP contribution in [0.4, 0.5) is 0 Å². The Labute approximate surface area is 126 Å². The highest BCUT2D eigenvalue weighted by molar-refractivity contribution is 5.74. The van der Waals surface area contributed by atoms with Gasteiger partial charge in [-0.25, -0.2) is 0 Å². The fraction of sp³-hybridized carbons (Fsp3) is 0.211. The van der Waals surface area contributed by atoms with Crippen LogP contribution >= 0.6 is 0 Å². The highest BCUT2D eigenvalue weighted by Crippen LogP contribution is 2.32. The van der Waals surface area contributed by atoms with Crippen LogP contribution in [0.15, 0.2) is 60.9 Å². The van der Waals surface area contributed by atoms with E-state index < -0.39 is 0 Å². The molecule has 0 saturated heterocycles. The Kier molecular flexibility index (Phi) is 3.87. The number of nitrogens with zero attached hydrogens (tertiary/aromatic N) is 2. The van der Waals surface area contributed by atoms with Crippen LogP contribution < -0.4 is 0 Å². The molecule has 2 heteroatoms. The summed E-state index contributed by atoms with van der Waals surface area (Å²) in [7, 11) is 2.15. The lowest BCUT2D eigenvalue weighted by Crippen LogP contribution is -1.99. The Balaban J connectivity index is 2.16. The zero-order chi connectivity index (χ0) is 14.7. The molecule has 2 nitrogen and oxygen atoms in total. The fourth-order valence-corrected chi connectivity index (χ4v) is 2.84. The van der Waals surface area contributed by atoms with E-state index >= 15 is 0 Å². The van der Waals surface area contributed by atoms with Crippen molar-refractivity contribution < 1.29 is 0 Å². The number of hydrogen-bond acceptors (Lipinski definition) is 1. The Morgan fingerprint density at radius 1 is 1.00 bits per heavy atom. The summed E-state index contributed by atoms with van der Waals surface area (Å²) in [6.07, 6.45) is 5.97. The minimum Gasteiger partial charge on any atom is -0.347 e. The second-order valence-corrected chi connectivity index (χ2v) is 5.31. The van der Waals surface area contributed by atoms with Crippen LogP contribution in [0.25, 0.3) is 22.4 Å². The van der Waals surface area contributed by atoms with Gasteiger partial charge in [0.15, 0.2) is 0 Å². The van der Waals surface area contributed by atoms with E-state index in [-0.39, 0.29) is 0 Å². The third-order valence-corrected chi connectivity index (χ3v) is 3.89. The molecule has 0 unspecified atom stereocenters. The smallest absolute Gasteiger partial charge is 0.0501 e. The topological polar surface area (TPSA) is 17.8 Å². The maximum Gasteiger partial charge on any atom is 0.0501 e. The quantitative estimate of drug-likeness (QED) is 0.675. The van der Waals surface area contributed by atoms with Crippen LogP contribution in [0.5, 0.6) is 0 Å². The van der Waals surface area contributed by atoms with Gasteiger partial charge in [0.05, 0.1) is 5.69 Å². The van der Waals surface area contributed by atoms with Crippen LogP contribution in [0.1, 0.15) is 19.0 Å². The van der Waals surface area contributed by atoms with Crippen molar-refractivity contribution in [1.29, 1.82) is 0 Å². The molecule has 3 aromatic rings. The van der Waals surface area contributed by atoms with Crippen molar-refractivity contribution in [2.75, 3.05) is 0 Å². The second kappa shape index (κ2) is 5.96. The standard InChI is InChI=1S/C19H20N2/c1-3-8-18-17(15-9-5-4-6-10-15)13-19(21(18)2)16-11-7-12-20-14-16/h4-7,9-14H,3,8H2,1-2H3. The van der Waals surface area contributed by atoms with Crippen LogP contribution in [-0.2, 0) is 13.5 Å². The Morgan fingerprint density at radius 2 is 1.76 bits per heavy atom. The van der Waals surface area contributed by atoms with Gasteiger partial charge < -0.3 is 4.57 Å². The van der Waals surface area contributed by atoms with E-state index in [2.05, 4.69) is 66.0 Å².